The molecule has 3 aromatic heterocycles. The number of furan rings is 1. The van der Waals surface area contributed by atoms with Crippen LogP contribution in [-0.2, 0) is 4.79 Å². The molecule has 37 heavy (non-hydrogen) atoms. The number of anilines is 1. The Kier molecular flexibility index (Phi) is 5.33. The summed E-state index contributed by atoms with van der Waals surface area (Å²) in [4.78, 5) is 35.5. The van der Waals surface area contributed by atoms with Crippen LogP contribution in [-0.4, -0.2) is 38.3 Å². The largest absolute Gasteiger partial charge is 0.472 e. The van der Waals surface area contributed by atoms with Gasteiger partial charge in [0.1, 0.15) is 11.4 Å². The SMILES string of the molecule is Cc1nn2cc(-c3ccoc3)cnc2c1C(=O)N[C@H]1N=C(c2ccccc2)c2cccc(F)c2NC1=O. The highest BCUT2D eigenvalue weighted by Gasteiger charge is 2.30. The van der Waals surface area contributed by atoms with E-state index in [9.17, 15) is 14.0 Å². The number of nitrogens with one attached hydrogen (secondary N) is 2. The smallest absolute Gasteiger partial charge is 0.269 e. The summed E-state index contributed by atoms with van der Waals surface area (Å²) < 4.78 is 21.3. The maximum atomic E-state index is 14.7. The minimum Gasteiger partial charge on any atom is -0.472 e. The summed E-state index contributed by atoms with van der Waals surface area (Å²) in [6.07, 6.45) is 5.16. The van der Waals surface area contributed by atoms with Gasteiger partial charge in [0, 0.05) is 34.6 Å². The van der Waals surface area contributed by atoms with Gasteiger partial charge in [0.2, 0.25) is 6.17 Å². The van der Waals surface area contributed by atoms with E-state index >= 15 is 0 Å². The van der Waals surface area contributed by atoms with Crippen LogP contribution in [0, 0.1) is 12.7 Å². The lowest BCUT2D eigenvalue weighted by Gasteiger charge is -2.13. The molecule has 10 heteroatoms. The monoisotopic (exact) mass is 494 g/mol. The van der Waals surface area contributed by atoms with E-state index < -0.39 is 23.8 Å². The molecule has 1 aliphatic rings. The van der Waals surface area contributed by atoms with Gasteiger partial charge in [0.15, 0.2) is 5.65 Å². The minimum atomic E-state index is -1.32. The van der Waals surface area contributed by atoms with Gasteiger partial charge in [-0.1, -0.05) is 42.5 Å². The van der Waals surface area contributed by atoms with Crippen LogP contribution in [0.1, 0.15) is 27.2 Å². The highest BCUT2D eigenvalue weighted by atomic mass is 19.1. The van der Waals surface area contributed by atoms with E-state index in [2.05, 4.69) is 25.7 Å². The number of benzene rings is 2. The molecule has 2 N–H and O–H groups in total. The van der Waals surface area contributed by atoms with Crippen molar-refractivity contribution in [2.24, 2.45) is 4.99 Å². The highest BCUT2D eigenvalue weighted by molar-refractivity contribution is 6.20. The number of fused-ring (bicyclic) bond motifs is 2. The van der Waals surface area contributed by atoms with Crippen molar-refractivity contribution >= 4 is 28.9 Å². The molecule has 9 nitrogen and oxygen atoms in total. The number of aliphatic imine (C=N–C) groups is 1. The number of nitrogens with zero attached hydrogens (tertiary/aromatic N) is 4. The van der Waals surface area contributed by atoms with Crippen molar-refractivity contribution in [1.29, 1.82) is 0 Å². The van der Waals surface area contributed by atoms with Crippen LogP contribution in [0.25, 0.3) is 16.8 Å². The lowest BCUT2D eigenvalue weighted by atomic mass is 10.0. The van der Waals surface area contributed by atoms with Crippen LogP contribution in [0.5, 0.6) is 0 Å². The Bertz CT molecular complexity index is 1690. The third-order valence-corrected chi connectivity index (χ3v) is 6.07. The summed E-state index contributed by atoms with van der Waals surface area (Å²) in [5, 5.41) is 9.67. The molecule has 0 radical (unpaired) electrons. The van der Waals surface area contributed by atoms with Crippen molar-refractivity contribution in [2.45, 2.75) is 13.1 Å². The molecule has 5 aromatic rings. The standard InChI is InChI=1S/C27H19FN6O3/c1-15-21(25-29-12-18(13-34(25)33-15)17-10-11-37-14-17)26(35)32-24-27(36)31-23-19(8-5-9-20(23)28)22(30-24)16-6-3-2-4-7-16/h2-14,24H,1H3,(H,31,36)(H,32,35)/t24-/m1/s1. The van der Waals surface area contributed by atoms with E-state index in [1.807, 2.05) is 18.2 Å². The van der Waals surface area contributed by atoms with Crippen LogP contribution in [0.15, 0.2) is 88.9 Å². The number of rotatable bonds is 4. The van der Waals surface area contributed by atoms with Gasteiger partial charge in [-0.3, -0.25) is 9.59 Å². The number of carbonyl (C=O) groups excluding carboxylic acids is 2. The normalized spacial score (nSPS) is 15.0. The minimum absolute atomic E-state index is 0.00691. The van der Waals surface area contributed by atoms with Gasteiger partial charge in [-0.15, -0.1) is 0 Å². The van der Waals surface area contributed by atoms with Crippen molar-refractivity contribution in [3.05, 3.63) is 108 Å². The van der Waals surface area contributed by atoms with E-state index in [4.69, 9.17) is 4.42 Å². The van der Waals surface area contributed by atoms with Crippen molar-refractivity contribution in [1.82, 2.24) is 19.9 Å². The Morgan fingerprint density at radius 1 is 1.08 bits per heavy atom. The summed E-state index contributed by atoms with van der Waals surface area (Å²) in [6, 6.07) is 15.3. The van der Waals surface area contributed by atoms with Gasteiger partial charge < -0.3 is 15.1 Å². The summed E-state index contributed by atoms with van der Waals surface area (Å²) >= 11 is 0. The number of benzodiazepines with no additional fused rings is 1. The maximum Gasteiger partial charge on any atom is 0.269 e. The Labute approximate surface area is 209 Å². The number of para-hydroxylation sites is 1. The Morgan fingerprint density at radius 3 is 2.70 bits per heavy atom. The molecule has 0 unspecified atom stereocenters. The first-order valence-electron chi connectivity index (χ1n) is 11.4. The summed E-state index contributed by atoms with van der Waals surface area (Å²) in [7, 11) is 0. The Morgan fingerprint density at radius 2 is 1.92 bits per heavy atom. The van der Waals surface area contributed by atoms with E-state index in [1.165, 1.54) is 10.6 Å². The van der Waals surface area contributed by atoms with Crippen LogP contribution >= 0.6 is 0 Å². The van der Waals surface area contributed by atoms with Crippen LogP contribution in [0.2, 0.25) is 0 Å². The Hall–Kier alpha value is -5.12. The predicted molar refractivity (Wildman–Crippen MR) is 134 cm³/mol. The molecule has 2 aromatic carbocycles. The van der Waals surface area contributed by atoms with Crippen molar-refractivity contribution < 1.29 is 18.4 Å². The number of aromatic nitrogens is 3. The number of carbonyl (C=O) groups is 2. The zero-order chi connectivity index (χ0) is 25.5. The Balaban J connectivity index is 1.38. The van der Waals surface area contributed by atoms with Crippen LogP contribution < -0.4 is 10.6 Å². The molecule has 0 fully saturated rings. The zero-order valence-corrected chi connectivity index (χ0v) is 19.5. The van der Waals surface area contributed by atoms with E-state index in [0.29, 0.717) is 28.2 Å². The third-order valence-electron chi connectivity index (χ3n) is 6.07. The number of hydrogen-bond acceptors (Lipinski definition) is 6. The average molecular weight is 494 g/mol. The number of amides is 2. The number of hydrogen-bond donors (Lipinski definition) is 2. The van der Waals surface area contributed by atoms with Crippen molar-refractivity contribution in [2.75, 3.05) is 5.32 Å². The fourth-order valence-electron chi connectivity index (χ4n) is 4.31. The lowest BCUT2D eigenvalue weighted by Crippen LogP contribution is -2.42. The second kappa shape index (κ2) is 8.83. The summed E-state index contributed by atoms with van der Waals surface area (Å²) in [5.74, 6) is -1.86. The van der Waals surface area contributed by atoms with Gasteiger partial charge >= 0.3 is 0 Å². The fourth-order valence-corrected chi connectivity index (χ4v) is 4.31. The zero-order valence-electron chi connectivity index (χ0n) is 19.5. The van der Waals surface area contributed by atoms with Crippen LogP contribution in [0.4, 0.5) is 10.1 Å². The van der Waals surface area contributed by atoms with Crippen molar-refractivity contribution in [3.63, 3.8) is 0 Å². The lowest BCUT2D eigenvalue weighted by molar-refractivity contribution is -0.117. The average Bonchev–Trinajstić information content (AvgIpc) is 3.52. The molecule has 0 saturated heterocycles. The molecule has 182 valence electrons. The molecule has 0 aliphatic carbocycles. The molecular weight excluding hydrogens is 475 g/mol. The maximum absolute atomic E-state index is 14.7. The van der Waals surface area contributed by atoms with Crippen molar-refractivity contribution in [3.8, 4) is 11.1 Å². The second-order valence-electron chi connectivity index (χ2n) is 8.45. The van der Waals surface area contributed by atoms with Gasteiger partial charge in [-0.25, -0.2) is 18.9 Å². The molecule has 4 heterocycles. The van der Waals surface area contributed by atoms with E-state index in [0.717, 1.165) is 11.1 Å². The van der Waals surface area contributed by atoms with Gasteiger partial charge in [-0.05, 0) is 19.1 Å². The molecule has 0 saturated carbocycles. The molecule has 2 amide bonds. The van der Waals surface area contributed by atoms with Crippen LogP contribution in [0.3, 0.4) is 0 Å². The fraction of sp³-hybridized carbons (Fsp3) is 0.0741. The second-order valence-corrected chi connectivity index (χ2v) is 8.45. The first kappa shape index (κ1) is 22.4. The van der Waals surface area contributed by atoms with E-state index in [1.54, 1.807) is 62.2 Å². The quantitative estimate of drug-likeness (QED) is 0.392. The molecule has 0 spiro atoms. The van der Waals surface area contributed by atoms with Gasteiger partial charge in [0.25, 0.3) is 11.8 Å². The summed E-state index contributed by atoms with van der Waals surface area (Å²) in [5.41, 5.74) is 3.99. The molecule has 1 atom stereocenters. The summed E-state index contributed by atoms with van der Waals surface area (Å²) in [6.45, 7) is 1.68. The number of halogens is 1. The predicted octanol–water partition coefficient (Wildman–Crippen LogP) is 3.98. The molecule has 0 bridgehead atoms. The number of aryl methyl sites for hydroxylation is 1. The first-order chi connectivity index (χ1) is 18.0. The molecular formula is C27H19FN6O3. The van der Waals surface area contributed by atoms with E-state index in [-0.39, 0.29) is 11.3 Å². The molecule has 1 aliphatic heterocycles. The first-order valence-corrected chi connectivity index (χ1v) is 11.4. The van der Waals surface area contributed by atoms with Gasteiger partial charge in [0.05, 0.1) is 29.6 Å². The third kappa shape index (κ3) is 3.94. The van der Waals surface area contributed by atoms with Gasteiger partial charge in [-0.2, -0.15) is 5.10 Å². The topological polar surface area (TPSA) is 114 Å². The molecule has 6 rings (SSSR count). The highest BCUT2D eigenvalue weighted by Crippen LogP contribution is 2.27.